The lowest BCUT2D eigenvalue weighted by Gasteiger charge is -2.26. The summed E-state index contributed by atoms with van der Waals surface area (Å²) in [7, 11) is 0. The number of halogens is 9. The van der Waals surface area contributed by atoms with Gasteiger partial charge in [-0.05, 0) is 18.1 Å². The third-order valence-corrected chi connectivity index (χ3v) is 5.47. The number of nitrogens with zero attached hydrogens (tertiary/aromatic N) is 6. The van der Waals surface area contributed by atoms with Crippen molar-refractivity contribution in [1.82, 2.24) is 29.8 Å². The van der Waals surface area contributed by atoms with Crippen molar-refractivity contribution in [3.8, 4) is 0 Å². The van der Waals surface area contributed by atoms with Crippen LogP contribution in [0.3, 0.4) is 0 Å². The van der Waals surface area contributed by atoms with Crippen LogP contribution in [0.15, 0.2) is 24.5 Å². The average Bonchev–Trinajstić information content (AvgIpc) is 3.17. The zero-order chi connectivity index (χ0) is 34.4. The number of hydrogen-bond donors (Lipinski definition) is 3. The molecule has 1 fully saturated rings. The van der Waals surface area contributed by atoms with Crippen LogP contribution in [0.2, 0.25) is 0 Å². The molecule has 13 nitrogen and oxygen atoms in total. The highest BCUT2D eigenvalue weighted by Gasteiger charge is 2.39. The second-order valence-corrected chi connectivity index (χ2v) is 8.93. The lowest BCUT2D eigenvalue weighted by atomic mass is 10.2. The van der Waals surface area contributed by atoms with Gasteiger partial charge in [-0.1, -0.05) is 11.3 Å². The molecule has 0 bridgehead atoms. The molecule has 4 heterocycles. The molecule has 22 heteroatoms. The first-order valence-electron chi connectivity index (χ1n) is 12.4. The maximum atomic E-state index is 10.6. The SMILES string of the molecule is O=C(O)C(F)(F)F.O=C(O)C(F)(F)F.O=C(O)C(F)(F)F.c1cncc(CN2CCCn3nnc(CN4CCOCC4)c3C2)c1. The molecule has 2 aliphatic heterocycles. The molecule has 4 rings (SSSR count). The second-order valence-electron chi connectivity index (χ2n) is 8.93. The Hall–Kier alpha value is -4.05. The minimum absolute atomic E-state index is 0.816. The fourth-order valence-corrected chi connectivity index (χ4v) is 3.43. The number of fused-ring (bicyclic) bond motifs is 1. The van der Waals surface area contributed by atoms with E-state index in [2.05, 4.69) is 35.8 Å². The van der Waals surface area contributed by atoms with Crippen molar-refractivity contribution in [3.63, 3.8) is 0 Å². The molecule has 0 aliphatic carbocycles. The number of aliphatic carboxylic acids is 3. The maximum Gasteiger partial charge on any atom is 0.490 e. The molecule has 254 valence electrons. The number of carboxylic acids is 3. The summed E-state index contributed by atoms with van der Waals surface area (Å²) < 4.78 is 103. The van der Waals surface area contributed by atoms with Crippen molar-refractivity contribution < 1.29 is 74.0 Å². The fraction of sp³-hybridized carbons (Fsp3) is 0.565. The number of alkyl halides is 9. The lowest BCUT2D eigenvalue weighted by molar-refractivity contribution is -0.193. The Morgan fingerprint density at radius 1 is 0.778 bits per heavy atom. The van der Waals surface area contributed by atoms with E-state index in [-0.39, 0.29) is 0 Å². The van der Waals surface area contributed by atoms with Gasteiger partial charge in [-0.25, -0.2) is 19.1 Å². The van der Waals surface area contributed by atoms with Crippen molar-refractivity contribution in [2.75, 3.05) is 32.8 Å². The lowest BCUT2D eigenvalue weighted by Crippen LogP contribution is -2.36. The van der Waals surface area contributed by atoms with E-state index in [1.165, 1.54) is 11.3 Å². The van der Waals surface area contributed by atoms with Crippen molar-refractivity contribution in [2.24, 2.45) is 0 Å². The molecule has 2 aromatic heterocycles. The first-order valence-corrected chi connectivity index (χ1v) is 12.4. The summed E-state index contributed by atoms with van der Waals surface area (Å²) in [6.07, 6.45) is -10.4. The van der Waals surface area contributed by atoms with Crippen LogP contribution >= 0.6 is 0 Å². The molecule has 0 amide bonds. The van der Waals surface area contributed by atoms with E-state index in [1.807, 2.05) is 18.5 Å². The van der Waals surface area contributed by atoms with Gasteiger partial charge in [0.2, 0.25) is 0 Å². The summed E-state index contributed by atoms with van der Waals surface area (Å²) in [5, 5.41) is 30.2. The van der Waals surface area contributed by atoms with E-state index in [0.29, 0.717) is 0 Å². The maximum absolute atomic E-state index is 10.6. The molecule has 0 atom stereocenters. The Bertz CT molecular complexity index is 1160. The van der Waals surface area contributed by atoms with E-state index < -0.39 is 36.4 Å². The van der Waals surface area contributed by atoms with Gasteiger partial charge in [0, 0.05) is 58.2 Å². The summed E-state index contributed by atoms with van der Waals surface area (Å²) in [5.41, 5.74) is 3.64. The van der Waals surface area contributed by atoms with Crippen LogP contribution in [-0.2, 0) is 45.3 Å². The number of hydrogen-bond acceptors (Lipinski definition) is 9. The number of ether oxygens (including phenoxy) is 1. The molecule has 2 aromatic rings. The van der Waals surface area contributed by atoms with Gasteiger partial charge in [0.1, 0.15) is 5.69 Å². The van der Waals surface area contributed by atoms with Crippen LogP contribution < -0.4 is 0 Å². The Kier molecular flexibility index (Phi) is 15.1. The van der Waals surface area contributed by atoms with E-state index in [0.717, 1.165) is 71.1 Å². The van der Waals surface area contributed by atoms with Gasteiger partial charge in [0.25, 0.3) is 0 Å². The Morgan fingerprint density at radius 2 is 1.29 bits per heavy atom. The number of aromatic nitrogens is 4. The molecule has 2 aliphatic rings. The van der Waals surface area contributed by atoms with Crippen molar-refractivity contribution in [2.45, 2.75) is 51.1 Å². The van der Waals surface area contributed by atoms with Gasteiger partial charge >= 0.3 is 36.4 Å². The van der Waals surface area contributed by atoms with Gasteiger partial charge in [0.15, 0.2) is 0 Å². The van der Waals surface area contributed by atoms with Gasteiger partial charge in [0.05, 0.1) is 18.9 Å². The number of pyridine rings is 1. The quantitative estimate of drug-likeness (QED) is 0.407. The van der Waals surface area contributed by atoms with Gasteiger partial charge in [-0.3, -0.25) is 14.8 Å². The van der Waals surface area contributed by atoms with Crippen molar-refractivity contribution in [1.29, 1.82) is 0 Å². The molecule has 0 unspecified atom stereocenters. The van der Waals surface area contributed by atoms with Gasteiger partial charge in [-0.15, -0.1) is 5.10 Å². The number of carboxylic acid groups (broad SMARTS) is 3. The normalized spacial score (nSPS) is 15.8. The predicted octanol–water partition coefficient (Wildman–Crippen LogP) is 2.81. The Balaban J connectivity index is 0.000000396. The fourth-order valence-electron chi connectivity index (χ4n) is 3.43. The number of rotatable bonds is 4. The highest BCUT2D eigenvalue weighted by Crippen LogP contribution is 2.19. The molecule has 0 spiro atoms. The van der Waals surface area contributed by atoms with Gasteiger partial charge < -0.3 is 20.1 Å². The molecule has 0 radical (unpaired) electrons. The zero-order valence-corrected chi connectivity index (χ0v) is 22.9. The third kappa shape index (κ3) is 15.5. The van der Waals surface area contributed by atoms with Crippen molar-refractivity contribution in [3.05, 3.63) is 41.5 Å². The predicted molar refractivity (Wildman–Crippen MR) is 130 cm³/mol. The topological polar surface area (TPSA) is 171 Å². The van der Waals surface area contributed by atoms with Crippen LogP contribution in [0.5, 0.6) is 0 Å². The van der Waals surface area contributed by atoms with Crippen LogP contribution in [-0.4, -0.2) is 114 Å². The molecule has 0 saturated carbocycles. The van der Waals surface area contributed by atoms with Gasteiger partial charge in [-0.2, -0.15) is 39.5 Å². The largest absolute Gasteiger partial charge is 0.490 e. The number of morpholine rings is 1. The zero-order valence-electron chi connectivity index (χ0n) is 22.9. The van der Waals surface area contributed by atoms with E-state index >= 15 is 0 Å². The minimum atomic E-state index is -5.08. The minimum Gasteiger partial charge on any atom is -0.475 e. The summed E-state index contributed by atoms with van der Waals surface area (Å²) in [5.74, 6) is -8.27. The van der Waals surface area contributed by atoms with Crippen molar-refractivity contribution >= 4 is 17.9 Å². The molecular weight excluding hydrogens is 643 g/mol. The number of carbonyl (C=O) groups is 3. The molecule has 45 heavy (non-hydrogen) atoms. The van der Waals surface area contributed by atoms with Crippen LogP contribution in [0.1, 0.15) is 23.4 Å². The first-order chi connectivity index (χ1) is 20.7. The smallest absolute Gasteiger partial charge is 0.475 e. The van der Waals surface area contributed by atoms with E-state index in [1.54, 1.807) is 0 Å². The summed E-state index contributed by atoms with van der Waals surface area (Å²) in [6, 6.07) is 4.14. The number of aryl methyl sites for hydroxylation is 1. The molecular formula is C23H27F9N6O7. The standard InChI is InChI=1S/C17H24N6O.3C2HF3O2/c1-3-15(11-18-4-1)12-22-5-2-6-23-17(14-22)16(19-20-23)13-21-7-9-24-10-8-21;3*3-2(4,5)1(6)7/h1,3-4,11H,2,5-10,12-14H2;3*(H,6,7). The average molecular weight is 670 g/mol. The summed E-state index contributed by atoms with van der Waals surface area (Å²) >= 11 is 0. The second kappa shape index (κ2) is 17.4. The van der Waals surface area contributed by atoms with Crippen LogP contribution in [0, 0.1) is 0 Å². The third-order valence-electron chi connectivity index (χ3n) is 5.47. The molecule has 3 N–H and O–H groups in total. The van der Waals surface area contributed by atoms with E-state index in [4.69, 9.17) is 34.4 Å². The van der Waals surface area contributed by atoms with Crippen LogP contribution in [0.25, 0.3) is 0 Å². The Morgan fingerprint density at radius 3 is 1.73 bits per heavy atom. The van der Waals surface area contributed by atoms with E-state index in [9.17, 15) is 39.5 Å². The summed E-state index contributed by atoms with van der Waals surface area (Å²) in [6.45, 7) is 8.33. The highest BCUT2D eigenvalue weighted by molar-refractivity contribution is 5.73. The summed E-state index contributed by atoms with van der Waals surface area (Å²) in [4.78, 5) is 35.8. The highest BCUT2D eigenvalue weighted by atomic mass is 19.4. The molecule has 1 saturated heterocycles. The van der Waals surface area contributed by atoms with Crippen LogP contribution in [0.4, 0.5) is 39.5 Å². The first kappa shape index (κ1) is 39.0. The Labute approximate surface area is 247 Å². The molecule has 0 aromatic carbocycles. The monoisotopic (exact) mass is 670 g/mol.